The van der Waals surface area contributed by atoms with E-state index in [9.17, 15) is 4.79 Å². The molecule has 1 atom stereocenters. The van der Waals surface area contributed by atoms with Crippen LogP contribution in [0.4, 0.5) is 11.5 Å². The van der Waals surface area contributed by atoms with Gasteiger partial charge in [-0.2, -0.15) is 0 Å². The monoisotopic (exact) mass is 454 g/mol. The Kier molecular flexibility index (Phi) is 5.62. The SMILES string of the molecule is CCO[C@@]1(C)C=Cc2cc(-c3ccc(N)c(C=NC)c3)c(=O)n(-c3ccc(C4CC4)cc3)c2N1. The Morgan fingerprint density at radius 2 is 1.97 bits per heavy atom. The molecule has 2 aromatic carbocycles. The molecule has 6 heteroatoms. The molecule has 1 aliphatic heterocycles. The third-order valence-corrected chi connectivity index (χ3v) is 6.49. The summed E-state index contributed by atoms with van der Waals surface area (Å²) in [7, 11) is 1.70. The molecule has 34 heavy (non-hydrogen) atoms. The summed E-state index contributed by atoms with van der Waals surface area (Å²) < 4.78 is 7.70. The minimum Gasteiger partial charge on any atom is -0.398 e. The fourth-order valence-electron chi connectivity index (χ4n) is 4.56. The van der Waals surface area contributed by atoms with E-state index in [2.05, 4.69) is 22.4 Å². The second kappa shape index (κ2) is 8.61. The lowest BCUT2D eigenvalue weighted by molar-refractivity contribution is 0.0352. The lowest BCUT2D eigenvalue weighted by Gasteiger charge is -2.34. The topological polar surface area (TPSA) is 81.6 Å². The summed E-state index contributed by atoms with van der Waals surface area (Å²) >= 11 is 0. The maximum atomic E-state index is 14.0. The van der Waals surface area contributed by atoms with Crippen LogP contribution >= 0.6 is 0 Å². The summed E-state index contributed by atoms with van der Waals surface area (Å²) in [5.41, 5.74) is 11.2. The van der Waals surface area contributed by atoms with Crippen molar-refractivity contribution in [3.8, 4) is 16.8 Å². The van der Waals surface area contributed by atoms with Crippen LogP contribution in [0.15, 0.2) is 64.4 Å². The molecule has 0 saturated heterocycles. The van der Waals surface area contributed by atoms with Gasteiger partial charge in [0.05, 0.1) is 5.69 Å². The molecule has 0 amide bonds. The zero-order chi connectivity index (χ0) is 23.9. The predicted octanol–water partition coefficient (Wildman–Crippen LogP) is 5.20. The van der Waals surface area contributed by atoms with Gasteiger partial charge >= 0.3 is 0 Å². The molecule has 5 rings (SSSR count). The first-order valence-electron chi connectivity index (χ1n) is 11.8. The van der Waals surface area contributed by atoms with E-state index in [-0.39, 0.29) is 5.56 Å². The van der Waals surface area contributed by atoms with Crippen LogP contribution < -0.4 is 16.6 Å². The van der Waals surface area contributed by atoms with Crippen molar-refractivity contribution in [1.29, 1.82) is 0 Å². The number of nitrogens with one attached hydrogen (secondary N) is 1. The summed E-state index contributed by atoms with van der Waals surface area (Å²) in [6.45, 7) is 4.47. The molecule has 3 aromatic rings. The summed E-state index contributed by atoms with van der Waals surface area (Å²) in [5.74, 6) is 1.37. The summed E-state index contributed by atoms with van der Waals surface area (Å²) in [4.78, 5) is 18.1. The van der Waals surface area contributed by atoms with Crippen LogP contribution in [0, 0.1) is 0 Å². The van der Waals surface area contributed by atoms with Crippen LogP contribution in [-0.2, 0) is 4.74 Å². The van der Waals surface area contributed by atoms with E-state index in [0.717, 1.165) is 28.2 Å². The van der Waals surface area contributed by atoms with Crippen molar-refractivity contribution >= 4 is 23.8 Å². The van der Waals surface area contributed by atoms with Gasteiger partial charge < -0.3 is 15.8 Å². The van der Waals surface area contributed by atoms with E-state index < -0.39 is 5.72 Å². The molecule has 2 heterocycles. The molecule has 1 aliphatic carbocycles. The third-order valence-electron chi connectivity index (χ3n) is 6.49. The molecule has 174 valence electrons. The predicted molar refractivity (Wildman–Crippen MR) is 140 cm³/mol. The number of hydrogen-bond donors (Lipinski definition) is 2. The maximum Gasteiger partial charge on any atom is 0.264 e. The molecule has 3 N–H and O–H groups in total. The number of nitrogens with two attached hydrogens (primary N) is 1. The fourth-order valence-corrected chi connectivity index (χ4v) is 4.56. The third kappa shape index (κ3) is 4.05. The standard InChI is InChI=1S/C28H30N4O2/c1-4-34-28(2)14-13-21-16-24(20-9-12-25(29)22(15-20)17-30-3)27(33)32(26(21)31-28)23-10-7-19(8-11-23)18-5-6-18/h7-18,31H,4-6,29H2,1-3H3/t28-/m0/s1. The highest BCUT2D eigenvalue weighted by molar-refractivity contribution is 5.89. The molecule has 0 spiro atoms. The van der Waals surface area contributed by atoms with Crippen LogP contribution in [0.1, 0.15) is 49.3 Å². The van der Waals surface area contributed by atoms with E-state index in [1.54, 1.807) is 17.8 Å². The number of nitrogens with zero attached hydrogens (tertiary/aromatic N) is 2. The maximum absolute atomic E-state index is 14.0. The van der Waals surface area contributed by atoms with E-state index in [1.165, 1.54) is 18.4 Å². The Hall–Kier alpha value is -3.64. The van der Waals surface area contributed by atoms with Crippen molar-refractivity contribution in [3.05, 3.63) is 81.7 Å². The van der Waals surface area contributed by atoms with Gasteiger partial charge in [-0.3, -0.25) is 14.4 Å². The minimum atomic E-state index is -0.697. The Morgan fingerprint density at radius 3 is 2.65 bits per heavy atom. The van der Waals surface area contributed by atoms with Gasteiger partial charge in [0, 0.05) is 42.2 Å². The Labute approximate surface area is 199 Å². The smallest absolute Gasteiger partial charge is 0.264 e. The number of nitrogen functional groups attached to an aromatic ring is 1. The van der Waals surface area contributed by atoms with Crippen LogP contribution in [0.25, 0.3) is 22.9 Å². The minimum absolute atomic E-state index is 0.108. The number of rotatable bonds is 6. The summed E-state index contributed by atoms with van der Waals surface area (Å²) in [5, 5.41) is 3.46. The largest absolute Gasteiger partial charge is 0.398 e. The number of fused-ring (bicyclic) bond motifs is 1. The van der Waals surface area contributed by atoms with Crippen molar-refractivity contribution < 1.29 is 4.74 Å². The van der Waals surface area contributed by atoms with Crippen LogP contribution in [0.3, 0.4) is 0 Å². The molecule has 2 aliphatic rings. The average Bonchev–Trinajstić information content (AvgIpc) is 3.66. The Morgan fingerprint density at radius 1 is 1.21 bits per heavy atom. The van der Waals surface area contributed by atoms with E-state index in [1.807, 2.05) is 62.4 Å². The van der Waals surface area contributed by atoms with Gasteiger partial charge in [-0.1, -0.05) is 24.3 Å². The molecule has 0 unspecified atom stereocenters. The number of benzene rings is 2. The molecule has 1 saturated carbocycles. The normalized spacial score (nSPS) is 19.3. The first kappa shape index (κ1) is 22.2. The zero-order valence-electron chi connectivity index (χ0n) is 19.8. The highest BCUT2D eigenvalue weighted by atomic mass is 16.5. The Balaban J connectivity index is 1.71. The van der Waals surface area contributed by atoms with Gasteiger partial charge in [0.1, 0.15) is 5.82 Å². The summed E-state index contributed by atoms with van der Waals surface area (Å²) in [6.07, 6.45) is 8.20. The lowest BCUT2D eigenvalue weighted by Crippen LogP contribution is -2.40. The molecule has 1 fully saturated rings. The van der Waals surface area contributed by atoms with E-state index in [0.29, 0.717) is 23.8 Å². The van der Waals surface area contributed by atoms with Crippen LogP contribution in [0.2, 0.25) is 0 Å². The quantitative estimate of drug-likeness (QED) is 0.396. The number of hydrogen-bond acceptors (Lipinski definition) is 5. The second-order valence-corrected chi connectivity index (χ2v) is 9.10. The molecule has 0 bridgehead atoms. The lowest BCUT2D eigenvalue weighted by atomic mass is 9.99. The Bertz CT molecular complexity index is 1350. The number of pyridine rings is 1. The fraction of sp³-hybridized carbons (Fsp3) is 0.286. The number of anilines is 2. The van der Waals surface area contributed by atoms with Crippen molar-refractivity contribution in [2.75, 3.05) is 24.7 Å². The van der Waals surface area contributed by atoms with E-state index >= 15 is 0 Å². The van der Waals surface area contributed by atoms with Crippen molar-refractivity contribution in [3.63, 3.8) is 0 Å². The molecule has 1 aromatic heterocycles. The van der Waals surface area contributed by atoms with Crippen molar-refractivity contribution in [1.82, 2.24) is 4.57 Å². The van der Waals surface area contributed by atoms with Gasteiger partial charge in [0.15, 0.2) is 5.72 Å². The van der Waals surface area contributed by atoms with Gasteiger partial charge in [0.2, 0.25) is 0 Å². The van der Waals surface area contributed by atoms with Gasteiger partial charge in [0.25, 0.3) is 5.56 Å². The average molecular weight is 455 g/mol. The molecule has 0 radical (unpaired) electrons. The second-order valence-electron chi connectivity index (χ2n) is 9.10. The molecule has 6 nitrogen and oxygen atoms in total. The highest BCUT2D eigenvalue weighted by Gasteiger charge is 2.29. The van der Waals surface area contributed by atoms with Crippen LogP contribution in [-0.4, -0.2) is 30.2 Å². The summed E-state index contributed by atoms with van der Waals surface area (Å²) in [6, 6.07) is 15.9. The van der Waals surface area contributed by atoms with E-state index in [4.69, 9.17) is 10.5 Å². The number of aromatic nitrogens is 1. The van der Waals surface area contributed by atoms with Gasteiger partial charge in [-0.05, 0) is 80.1 Å². The van der Waals surface area contributed by atoms with Gasteiger partial charge in [-0.15, -0.1) is 0 Å². The van der Waals surface area contributed by atoms with Crippen LogP contribution in [0.5, 0.6) is 0 Å². The molecular weight excluding hydrogens is 424 g/mol. The first-order chi connectivity index (χ1) is 16.4. The molecular formula is C28H30N4O2. The number of aliphatic imine (C=N–C) groups is 1. The first-order valence-corrected chi connectivity index (χ1v) is 11.8. The van der Waals surface area contributed by atoms with Crippen molar-refractivity contribution in [2.24, 2.45) is 4.99 Å². The van der Waals surface area contributed by atoms with Crippen molar-refractivity contribution in [2.45, 2.75) is 38.3 Å². The number of ether oxygens (including phenoxy) is 1. The van der Waals surface area contributed by atoms with Gasteiger partial charge in [-0.25, -0.2) is 0 Å². The zero-order valence-corrected chi connectivity index (χ0v) is 19.8. The highest BCUT2D eigenvalue weighted by Crippen LogP contribution is 2.40.